The summed E-state index contributed by atoms with van der Waals surface area (Å²) in [5, 5.41) is 4.95. The summed E-state index contributed by atoms with van der Waals surface area (Å²) >= 11 is 0. The van der Waals surface area contributed by atoms with Gasteiger partial charge < -0.3 is 9.47 Å². The third kappa shape index (κ3) is 3.54. The lowest BCUT2D eigenvalue weighted by molar-refractivity contribution is -0.133. The zero-order valence-electron chi connectivity index (χ0n) is 17.1. The maximum absolute atomic E-state index is 13.5. The van der Waals surface area contributed by atoms with E-state index in [-0.39, 0.29) is 29.8 Å². The van der Waals surface area contributed by atoms with Gasteiger partial charge in [0.15, 0.2) is 0 Å². The quantitative estimate of drug-likeness (QED) is 0.501. The molecule has 1 aliphatic rings. The molecule has 0 saturated carbocycles. The molecule has 4 aromatic rings. The van der Waals surface area contributed by atoms with Crippen molar-refractivity contribution in [3.8, 4) is 0 Å². The number of piperidine rings is 1. The van der Waals surface area contributed by atoms with E-state index >= 15 is 0 Å². The smallest absolute Gasteiger partial charge is 0.280 e. The fourth-order valence-corrected chi connectivity index (χ4v) is 4.46. The van der Waals surface area contributed by atoms with Crippen LogP contribution in [0.15, 0.2) is 42.7 Å². The molecule has 0 radical (unpaired) electrons. The first-order valence-electron chi connectivity index (χ1n) is 10.3. The number of carbonyl (C=O) groups is 1. The number of nitrogens with zero attached hydrogens (tertiary/aromatic N) is 6. The van der Waals surface area contributed by atoms with Gasteiger partial charge in [0, 0.05) is 30.2 Å². The van der Waals surface area contributed by atoms with Gasteiger partial charge in [0.25, 0.3) is 12.2 Å². The molecule has 9 heteroatoms. The van der Waals surface area contributed by atoms with Gasteiger partial charge >= 0.3 is 0 Å². The lowest BCUT2D eigenvalue weighted by atomic mass is 9.94. The Morgan fingerprint density at radius 2 is 2.10 bits per heavy atom. The zero-order chi connectivity index (χ0) is 21.5. The molecule has 0 unspecified atom stereocenters. The molecule has 160 valence electrons. The Morgan fingerprint density at radius 1 is 1.26 bits per heavy atom. The number of aryl methyl sites for hydroxylation is 1. The van der Waals surface area contributed by atoms with Crippen LogP contribution in [0.3, 0.4) is 0 Å². The molecular weight excluding hydrogens is 402 g/mol. The van der Waals surface area contributed by atoms with E-state index in [0.29, 0.717) is 18.8 Å². The Balaban J connectivity index is 1.38. The van der Waals surface area contributed by atoms with E-state index in [1.54, 1.807) is 0 Å². The molecule has 31 heavy (non-hydrogen) atoms. The van der Waals surface area contributed by atoms with Gasteiger partial charge in [-0.1, -0.05) is 18.2 Å². The number of aromatic nitrogens is 5. The van der Waals surface area contributed by atoms with Crippen molar-refractivity contribution in [2.75, 3.05) is 13.1 Å². The fourth-order valence-electron chi connectivity index (χ4n) is 4.46. The Labute approximate surface area is 177 Å². The second kappa shape index (κ2) is 7.72. The molecule has 1 fully saturated rings. The van der Waals surface area contributed by atoms with Gasteiger partial charge in [-0.3, -0.25) is 4.79 Å². The Hall–Kier alpha value is -3.36. The van der Waals surface area contributed by atoms with Gasteiger partial charge in [-0.15, -0.1) is 0 Å². The van der Waals surface area contributed by atoms with E-state index in [2.05, 4.69) is 21.1 Å². The summed E-state index contributed by atoms with van der Waals surface area (Å²) in [6, 6.07) is 11.5. The highest BCUT2D eigenvalue weighted by atomic mass is 19.3. The van der Waals surface area contributed by atoms with Crippen molar-refractivity contribution < 1.29 is 13.6 Å². The Kier molecular flexibility index (Phi) is 4.88. The molecule has 1 saturated heterocycles. The summed E-state index contributed by atoms with van der Waals surface area (Å²) in [6.45, 7) is 3.36. The molecule has 4 heterocycles. The van der Waals surface area contributed by atoms with E-state index in [9.17, 15) is 13.6 Å². The predicted octanol–water partition coefficient (Wildman–Crippen LogP) is 3.73. The first-order valence-corrected chi connectivity index (χ1v) is 10.3. The molecule has 1 aromatic carbocycles. The van der Waals surface area contributed by atoms with Gasteiger partial charge in [-0.2, -0.15) is 14.6 Å². The fraction of sp³-hybridized carbons (Fsp3) is 0.364. The number of alkyl halides is 2. The number of carbonyl (C=O) groups excluding carboxylic acids is 1. The number of likely N-dealkylation sites (tertiary alicyclic amines) is 1. The molecule has 3 aromatic heterocycles. The van der Waals surface area contributed by atoms with E-state index in [4.69, 9.17) is 0 Å². The number of halogens is 2. The van der Waals surface area contributed by atoms with Crippen molar-refractivity contribution in [1.29, 1.82) is 0 Å². The largest absolute Gasteiger partial charge is 0.340 e. The maximum atomic E-state index is 13.5. The molecule has 0 N–H and O–H groups in total. The number of benzene rings is 1. The van der Waals surface area contributed by atoms with E-state index in [1.807, 2.05) is 40.7 Å². The summed E-state index contributed by atoms with van der Waals surface area (Å²) in [5.74, 6) is 0.0666. The van der Waals surface area contributed by atoms with Crippen molar-refractivity contribution in [3.63, 3.8) is 0 Å². The zero-order valence-corrected chi connectivity index (χ0v) is 17.1. The number of para-hydroxylation sites is 1. The minimum Gasteiger partial charge on any atom is -0.340 e. The van der Waals surface area contributed by atoms with E-state index < -0.39 is 6.43 Å². The number of rotatable bonds is 4. The van der Waals surface area contributed by atoms with Gasteiger partial charge in [0.05, 0.1) is 5.69 Å². The lowest BCUT2D eigenvalue weighted by Crippen LogP contribution is -2.41. The van der Waals surface area contributed by atoms with Crippen molar-refractivity contribution >= 4 is 22.6 Å². The second-order valence-electron chi connectivity index (χ2n) is 7.99. The lowest BCUT2D eigenvalue weighted by Gasteiger charge is -2.33. The average Bonchev–Trinajstić information content (AvgIpc) is 3.37. The highest BCUT2D eigenvalue weighted by Gasteiger charge is 2.28. The first-order chi connectivity index (χ1) is 15.0. The van der Waals surface area contributed by atoms with Gasteiger partial charge in [-0.25, -0.2) is 13.8 Å². The van der Waals surface area contributed by atoms with Crippen LogP contribution in [0.4, 0.5) is 8.78 Å². The van der Waals surface area contributed by atoms with Crippen molar-refractivity contribution in [2.24, 2.45) is 0 Å². The number of amides is 1. The topological polar surface area (TPSA) is 68.3 Å². The number of hydrogen-bond donors (Lipinski definition) is 0. The van der Waals surface area contributed by atoms with Gasteiger partial charge in [0.2, 0.25) is 5.91 Å². The normalized spacial score (nSPS) is 17.2. The maximum Gasteiger partial charge on any atom is 0.280 e. The molecule has 1 aliphatic heterocycles. The van der Waals surface area contributed by atoms with Crippen molar-refractivity contribution in [2.45, 2.75) is 38.7 Å². The minimum atomic E-state index is -2.68. The van der Waals surface area contributed by atoms with Crippen LogP contribution < -0.4 is 0 Å². The second-order valence-corrected chi connectivity index (χ2v) is 7.99. The first kappa shape index (κ1) is 19.6. The molecule has 5 rings (SSSR count). The Bertz CT molecular complexity index is 1260. The van der Waals surface area contributed by atoms with Crippen LogP contribution >= 0.6 is 0 Å². The molecule has 0 spiro atoms. The number of fused-ring (bicyclic) bond motifs is 2. The van der Waals surface area contributed by atoms with Crippen LogP contribution in [-0.4, -0.2) is 48.0 Å². The van der Waals surface area contributed by atoms with Crippen LogP contribution in [0.5, 0.6) is 0 Å². The molecule has 7 nitrogen and oxygen atoms in total. The highest BCUT2D eigenvalue weighted by Crippen LogP contribution is 2.29. The summed E-state index contributed by atoms with van der Waals surface area (Å²) < 4.78 is 30.1. The van der Waals surface area contributed by atoms with Crippen LogP contribution in [-0.2, 0) is 11.3 Å². The third-order valence-corrected chi connectivity index (χ3v) is 6.03. The Morgan fingerprint density at radius 3 is 2.94 bits per heavy atom. The van der Waals surface area contributed by atoms with E-state index in [1.165, 1.54) is 12.4 Å². The molecule has 1 atom stereocenters. The standard InChI is InChI=1S/C22H22F2N6O/c1-14-9-15-5-2-3-7-18(15)29(14)12-20(31)28-8-4-6-16(11-28)17-10-19(21(23)24)30-22(27-17)25-13-26-30/h2-3,5,7,9-10,13,16,21H,4,6,8,11-12H2,1H3/t16-/m1/s1. The number of hydrogen-bond acceptors (Lipinski definition) is 4. The van der Waals surface area contributed by atoms with Gasteiger partial charge in [0.1, 0.15) is 18.6 Å². The molecule has 1 amide bonds. The predicted molar refractivity (Wildman–Crippen MR) is 111 cm³/mol. The van der Waals surface area contributed by atoms with Crippen molar-refractivity contribution in [1.82, 2.24) is 29.0 Å². The summed E-state index contributed by atoms with van der Waals surface area (Å²) in [6.07, 6.45) is 0.122. The summed E-state index contributed by atoms with van der Waals surface area (Å²) in [4.78, 5) is 23.4. The van der Waals surface area contributed by atoms with Gasteiger partial charge in [-0.05, 0) is 43.4 Å². The van der Waals surface area contributed by atoms with E-state index in [0.717, 1.165) is 34.0 Å². The van der Waals surface area contributed by atoms with Crippen LogP contribution in [0.25, 0.3) is 16.7 Å². The monoisotopic (exact) mass is 424 g/mol. The minimum absolute atomic E-state index is 0.0202. The molecular formula is C22H22F2N6O. The van der Waals surface area contributed by atoms with Crippen molar-refractivity contribution in [3.05, 3.63) is 59.8 Å². The highest BCUT2D eigenvalue weighted by molar-refractivity contribution is 5.84. The average molecular weight is 424 g/mol. The van der Waals surface area contributed by atoms with Crippen LogP contribution in [0, 0.1) is 6.92 Å². The molecule has 0 bridgehead atoms. The third-order valence-electron chi connectivity index (χ3n) is 6.03. The van der Waals surface area contributed by atoms with Crippen LogP contribution in [0.2, 0.25) is 0 Å². The molecule has 0 aliphatic carbocycles. The summed E-state index contributed by atoms with van der Waals surface area (Å²) in [7, 11) is 0. The SMILES string of the molecule is Cc1cc2ccccc2n1CC(=O)N1CCC[C@@H](c2cc(C(F)F)n3ncnc3n2)C1. The summed E-state index contributed by atoms with van der Waals surface area (Å²) in [5.41, 5.74) is 2.37. The van der Waals surface area contributed by atoms with Crippen LogP contribution in [0.1, 0.15) is 42.3 Å².